The second-order valence-corrected chi connectivity index (χ2v) is 7.37. The van der Waals surface area contributed by atoms with Crippen molar-refractivity contribution in [3.63, 3.8) is 0 Å². The summed E-state index contributed by atoms with van der Waals surface area (Å²) < 4.78 is 8.40. The molecule has 30 heavy (non-hydrogen) atoms. The van der Waals surface area contributed by atoms with Gasteiger partial charge in [-0.2, -0.15) is 5.10 Å². The van der Waals surface area contributed by atoms with Crippen molar-refractivity contribution in [3.05, 3.63) is 87.3 Å². The number of carbonyl (C=O) groups is 1. The van der Waals surface area contributed by atoms with Crippen molar-refractivity contribution in [2.24, 2.45) is 0 Å². The number of hydrogen-bond donors (Lipinski definition) is 0. The lowest BCUT2D eigenvalue weighted by Crippen LogP contribution is -2.17. The van der Waals surface area contributed by atoms with E-state index in [4.69, 9.17) is 16.3 Å². The Balaban J connectivity index is 1.59. The molecule has 0 unspecified atom stereocenters. The molecule has 0 aliphatic rings. The first-order chi connectivity index (χ1) is 14.4. The highest BCUT2D eigenvalue weighted by molar-refractivity contribution is 6.30. The molecule has 0 aliphatic heterocycles. The van der Waals surface area contributed by atoms with Crippen molar-refractivity contribution >= 4 is 23.2 Å². The van der Waals surface area contributed by atoms with E-state index in [1.807, 2.05) is 32.0 Å². The molecule has 0 saturated carbocycles. The molecule has 8 nitrogen and oxygen atoms in total. The Morgan fingerprint density at radius 2 is 2.07 bits per heavy atom. The van der Waals surface area contributed by atoms with Crippen molar-refractivity contribution in [1.29, 1.82) is 0 Å². The maximum absolute atomic E-state index is 12.8. The number of halogens is 1. The third-order valence-electron chi connectivity index (χ3n) is 4.47. The quantitative estimate of drug-likeness (QED) is 0.457. The van der Waals surface area contributed by atoms with Crippen LogP contribution in [0.1, 0.15) is 41.5 Å². The lowest BCUT2D eigenvalue weighted by molar-refractivity contribution is 0.0466. The van der Waals surface area contributed by atoms with E-state index in [9.17, 15) is 9.59 Å². The van der Waals surface area contributed by atoms with E-state index >= 15 is 0 Å². The van der Waals surface area contributed by atoms with Gasteiger partial charge in [-0.05, 0) is 30.2 Å². The van der Waals surface area contributed by atoms with Gasteiger partial charge in [0.15, 0.2) is 5.82 Å². The average Bonchev–Trinajstić information content (AvgIpc) is 3.19. The minimum absolute atomic E-state index is 0.00485. The Morgan fingerprint density at radius 1 is 1.23 bits per heavy atom. The third kappa shape index (κ3) is 3.81. The van der Waals surface area contributed by atoms with Crippen molar-refractivity contribution in [2.45, 2.75) is 26.4 Å². The van der Waals surface area contributed by atoms with Gasteiger partial charge >= 0.3 is 5.97 Å². The van der Waals surface area contributed by atoms with E-state index in [1.165, 1.54) is 22.9 Å². The monoisotopic (exact) mass is 423 g/mol. The Kier molecular flexibility index (Phi) is 5.33. The van der Waals surface area contributed by atoms with Crippen LogP contribution < -0.4 is 5.56 Å². The van der Waals surface area contributed by atoms with Crippen LogP contribution in [-0.4, -0.2) is 30.1 Å². The molecule has 9 heteroatoms. The molecule has 0 N–H and O–H groups in total. The van der Waals surface area contributed by atoms with Gasteiger partial charge in [-0.15, -0.1) is 0 Å². The molecule has 0 radical (unpaired) electrons. The van der Waals surface area contributed by atoms with Gasteiger partial charge in [-0.25, -0.2) is 19.4 Å². The van der Waals surface area contributed by atoms with Gasteiger partial charge in [-0.1, -0.05) is 31.5 Å². The predicted octanol–water partition coefficient (Wildman–Crippen LogP) is 3.41. The molecule has 0 aromatic carbocycles. The highest BCUT2D eigenvalue weighted by Gasteiger charge is 2.22. The van der Waals surface area contributed by atoms with E-state index in [1.54, 1.807) is 23.0 Å². The minimum atomic E-state index is -0.543. The molecule has 4 aromatic rings. The summed E-state index contributed by atoms with van der Waals surface area (Å²) in [6, 6.07) is 10.1. The number of hydrogen-bond acceptors (Lipinski definition) is 6. The smallest absolute Gasteiger partial charge is 0.342 e. The number of ether oxygens (including phenoxy) is 1. The molecule has 0 fully saturated rings. The fourth-order valence-electron chi connectivity index (χ4n) is 3.15. The predicted molar refractivity (Wildman–Crippen MR) is 111 cm³/mol. The van der Waals surface area contributed by atoms with E-state index in [0.29, 0.717) is 33.4 Å². The lowest BCUT2D eigenvalue weighted by atomic mass is 10.1. The molecule has 0 atom stereocenters. The largest absolute Gasteiger partial charge is 0.455 e. The number of fused-ring (bicyclic) bond motifs is 1. The van der Waals surface area contributed by atoms with Gasteiger partial charge in [0, 0.05) is 18.5 Å². The zero-order chi connectivity index (χ0) is 21.3. The second-order valence-electron chi connectivity index (χ2n) is 6.94. The maximum Gasteiger partial charge on any atom is 0.342 e. The zero-order valence-electron chi connectivity index (χ0n) is 16.3. The summed E-state index contributed by atoms with van der Waals surface area (Å²) in [6.45, 7) is 3.79. The van der Waals surface area contributed by atoms with Crippen LogP contribution >= 0.6 is 11.6 Å². The fraction of sp³-hybridized carbons (Fsp3) is 0.190. The van der Waals surface area contributed by atoms with Gasteiger partial charge in [0.2, 0.25) is 0 Å². The second kappa shape index (κ2) is 8.08. The Morgan fingerprint density at radius 3 is 2.80 bits per heavy atom. The Hall–Kier alpha value is -3.52. The van der Waals surface area contributed by atoms with Crippen molar-refractivity contribution in [3.8, 4) is 5.82 Å². The molecule has 0 aliphatic carbocycles. The summed E-state index contributed by atoms with van der Waals surface area (Å²) in [4.78, 5) is 33.7. The first-order valence-corrected chi connectivity index (χ1v) is 9.66. The van der Waals surface area contributed by atoms with Crippen molar-refractivity contribution in [1.82, 2.24) is 24.1 Å². The first-order valence-electron chi connectivity index (χ1n) is 9.28. The maximum atomic E-state index is 12.8. The van der Waals surface area contributed by atoms with Gasteiger partial charge < -0.3 is 4.74 Å². The van der Waals surface area contributed by atoms with Crippen LogP contribution in [0.4, 0.5) is 0 Å². The Labute approximate surface area is 176 Å². The highest BCUT2D eigenvalue weighted by Crippen LogP contribution is 2.23. The molecule has 152 valence electrons. The summed E-state index contributed by atoms with van der Waals surface area (Å²) >= 11 is 5.92. The number of carbonyl (C=O) groups excluding carboxylic acids is 1. The average molecular weight is 424 g/mol. The van der Waals surface area contributed by atoms with Gasteiger partial charge in [0.1, 0.15) is 17.8 Å². The molecule has 4 heterocycles. The van der Waals surface area contributed by atoms with Crippen LogP contribution in [0.5, 0.6) is 0 Å². The van der Waals surface area contributed by atoms with Crippen molar-refractivity contribution in [2.75, 3.05) is 0 Å². The van der Waals surface area contributed by atoms with Gasteiger partial charge in [0.25, 0.3) is 5.56 Å². The summed E-state index contributed by atoms with van der Waals surface area (Å²) in [5, 5.41) is 4.75. The SMILES string of the molecule is CC(C)c1c(C(=O)OCc2cc(=O)n3cc(Cl)ccc3n2)cnn1-c1ccccn1. The number of aromatic nitrogens is 5. The summed E-state index contributed by atoms with van der Waals surface area (Å²) in [6.07, 6.45) is 4.62. The third-order valence-corrected chi connectivity index (χ3v) is 4.69. The first kappa shape index (κ1) is 19.8. The van der Waals surface area contributed by atoms with Crippen LogP contribution in [-0.2, 0) is 11.3 Å². The molecule has 4 rings (SSSR count). The minimum Gasteiger partial charge on any atom is -0.455 e. The van der Waals surface area contributed by atoms with Crippen LogP contribution in [0.25, 0.3) is 11.5 Å². The van der Waals surface area contributed by atoms with Gasteiger partial charge in [-0.3, -0.25) is 9.20 Å². The summed E-state index contributed by atoms with van der Waals surface area (Å²) in [7, 11) is 0. The molecule has 0 saturated heterocycles. The highest BCUT2D eigenvalue weighted by atomic mass is 35.5. The van der Waals surface area contributed by atoms with Crippen LogP contribution in [0.2, 0.25) is 5.02 Å². The lowest BCUT2D eigenvalue weighted by Gasteiger charge is -2.12. The molecular weight excluding hydrogens is 406 g/mol. The molecule has 4 aromatic heterocycles. The molecule has 0 amide bonds. The van der Waals surface area contributed by atoms with Crippen LogP contribution in [0, 0.1) is 0 Å². The van der Waals surface area contributed by atoms with Crippen molar-refractivity contribution < 1.29 is 9.53 Å². The standard InChI is InChI=1S/C21H18ClN5O3/c1-13(2)20-16(10-24-27(20)17-5-3-4-8-23-17)21(29)30-12-15-9-19(28)26-11-14(22)6-7-18(26)25-15/h3-11,13H,12H2,1-2H3. The van der Waals surface area contributed by atoms with E-state index in [2.05, 4.69) is 15.1 Å². The summed E-state index contributed by atoms with van der Waals surface area (Å²) in [5.41, 5.74) is 1.50. The topological polar surface area (TPSA) is 91.4 Å². The summed E-state index contributed by atoms with van der Waals surface area (Å²) in [5.74, 6) is 0.0763. The van der Waals surface area contributed by atoms with E-state index in [0.717, 1.165) is 0 Å². The molecular formula is C21H18ClN5O3. The number of nitrogens with zero attached hydrogens (tertiary/aromatic N) is 5. The van der Waals surface area contributed by atoms with E-state index in [-0.39, 0.29) is 18.1 Å². The van der Waals surface area contributed by atoms with Crippen LogP contribution in [0.3, 0.4) is 0 Å². The molecule has 0 bridgehead atoms. The fourth-order valence-corrected chi connectivity index (χ4v) is 3.31. The van der Waals surface area contributed by atoms with E-state index < -0.39 is 5.97 Å². The zero-order valence-corrected chi connectivity index (χ0v) is 17.1. The number of pyridine rings is 2. The Bertz CT molecular complexity index is 1280. The number of esters is 1. The number of rotatable bonds is 5. The van der Waals surface area contributed by atoms with Gasteiger partial charge in [0.05, 0.1) is 22.6 Å². The van der Waals surface area contributed by atoms with Crippen LogP contribution in [0.15, 0.2) is 59.8 Å². The normalized spacial score (nSPS) is 11.2. The molecule has 0 spiro atoms.